The minimum absolute atomic E-state index is 0.453. The van der Waals surface area contributed by atoms with E-state index in [1.165, 1.54) is 0 Å². The second-order valence-corrected chi connectivity index (χ2v) is 2.92. The summed E-state index contributed by atoms with van der Waals surface area (Å²) >= 11 is 3.32. The number of hydrogen-bond donors (Lipinski definition) is 0. The molecule has 1 radical (unpaired) electrons. The monoisotopic (exact) mass is 165 g/mol. The standard InChI is InChI=1S/C5H10BrO/c1-3-7-4-5(2)6/h5H,1,3-4H2,2H3. The van der Waals surface area contributed by atoms with Crippen molar-refractivity contribution in [1.29, 1.82) is 0 Å². The average molecular weight is 166 g/mol. The molecule has 0 aromatic carbocycles. The fourth-order valence-corrected chi connectivity index (χ4v) is 0.433. The van der Waals surface area contributed by atoms with Crippen molar-refractivity contribution in [2.24, 2.45) is 0 Å². The summed E-state index contributed by atoms with van der Waals surface area (Å²) < 4.78 is 4.94. The molecule has 43 valence electrons. The van der Waals surface area contributed by atoms with E-state index in [1.54, 1.807) is 0 Å². The van der Waals surface area contributed by atoms with Crippen molar-refractivity contribution in [2.75, 3.05) is 13.2 Å². The Morgan fingerprint density at radius 3 is 2.57 bits per heavy atom. The molecule has 2 heteroatoms. The number of alkyl halides is 1. The molecule has 0 aromatic heterocycles. The molecule has 0 amide bonds. The Kier molecular flexibility index (Phi) is 4.88. The lowest BCUT2D eigenvalue weighted by molar-refractivity contribution is 0.166. The maximum absolute atomic E-state index is 4.94. The Hall–Kier alpha value is 0.440. The molecule has 7 heavy (non-hydrogen) atoms. The van der Waals surface area contributed by atoms with Gasteiger partial charge in [-0.25, -0.2) is 0 Å². The van der Waals surface area contributed by atoms with E-state index in [4.69, 9.17) is 4.74 Å². The van der Waals surface area contributed by atoms with Crippen LogP contribution >= 0.6 is 15.9 Å². The van der Waals surface area contributed by atoms with Crippen LogP contribution in [-0.2, 0) is 4.74 Å². The molecule has 0 spiro atoms. The van der Waals surface area contributed by atoms with Crippen LogP contribution < -0.4 is 0 Å². The van der Waals surface area contributed by atoms with E-state index in [-0.39, 0.29) is 0 Å². The number of ether oxygens (including phenoxy) is 1. The molecule has 0 aromatic rings. The lowest BCUT2D eigenvalue weighted by Crippen LogP contribution is -2.02. The molecule has 1 nitrogen and oxygen atoms in total. The normalized spacial score (nSPS) is 14.1. The zero-order valence-corrected chi connectivity index (χ0v) is 6.07. The first-order valence-electron chi connectivity index (χ1n) is 2.28. The molecule has 0 aliphatic carbocycles. The Labute approximate surface area is 53.2 Å². The van der Waals surface area contributed by atoms with Crippen LogP contribution in [0, 0.1) is 6.92 Å². The quantitative estimate of drug-likeness (QED) is 0.579. The molecule has 0 saturated carbocycles. The van der Waals surface area contributed by atoms with Crippen molar-refractivity contribution in [3.63, 3.8) is 0 Å². The fourth-order valence-electron chi connectivity index (χ4n) is 0.246. The third kappa shape index (κ3) is 6.44. The van der Waals surface area contributed by atoms with Crippen LogP contribution in [0.3, 0.4) is 0 Å². The van der Waals surface area contributed by atoms with E-state index >= 15 is 0 Å². The minimum Gasteiger partial charge on any atom is -0.380 e. The predicted molar refractivity (Wildman–Crippen MR) is 34.6 cm³/mol. The molecule has 1 unspecified atom stereocenters. The zero-order valence-electron chi connectivity index (χ0n) is 4.48. The van der Waals surface area contributed by atoms with E-state index < -0.39 is 0 Å². The summed E-state index contributed by atoms with van der Waals surface area (Å²) in [5.41, 5.74) is 0. The van der Waals surface area contributed by atoms with Gasteiger partial charge in [0.25, 0.3) is 0 Å². The first kappa shape index (κ1) is 7.44. The minimum atomic E-state index is 0.453. The Morgan fingerprint density at radius 1 is 1.86 bits per heavy atom. The van der Waals surface area contributed by atoms with Crippen molar-refractivity contribution in [3.05, 3.63) is 6.92 Å². The highest BCUT2D eigenvalue weighted by Gasteiger charge is 1.90. The molecule has 0 rings (SSSR count). The third-order valence-electron chi connectivity index (χ3n) is 0.492. The lowest BCUT2D eigenvalue weighted by atomic mass is 10.5. The highest BCUT2D eigenvalue weighted by atomic mass is 79.9. The van der Waals surface area contributed by atoms with Crippen LogP contribution in [0.5, 0.6) is 0 Å². The summed E-state index contributed by atoms with van der Waals surface area (Å²) in [6, 6.07) is 0. The van der Waals surface area contributed by atoms with Gasteiger partial charge < -0.3 is 4.74 Å². The molecule has 0 heterocycles. The zero-order chi connectivity index (χ0) is 5.70. The van der Waals surface area contributed by atoms with Crippen molar-refractivity contribution >= 4 is 15.9 Å². The van der Waals surface area contributed by atoms with Crippen LogP contribution in [0.2, 0.25) is 0 Å². The second kappa shape index (κ2) is 4.60. The topological polar surface area (TPSA) is 9.23 Å². The van der Waals surface area contributed by atoms with E-state index in [2.05, 4.69) is 22.9 Å². The highest BCUT2D eigenvalue weighted by Crippen LogP contribution is 1.95. The smallest absolute Gasteiger partial charge is 0.0588 e. The molecule has 0 aliphatic heterocycles. The molecular weight excluding hydrogens is 156 g/mol. The fraction of sp³-hybridized carbons (Fsp3) is 0.800. The van der Waals surface area contributed by atoms with Gasteiger partial charge in [0.1, 0.15) is 0 Å². The van der Waals surface area contributed by atoms with Crippen LogP contribution in [0.1, 0.15) is 6.92 Å². The molecule has 0 fully saturated rings. The van der Waals surface area contributed by atoms with Crippen molar-refractivity contribution < 1.29 is 4.74 Å². The van der Waals surface area contributed by atoms with Gasteiger partial charge in [0.15, 0.2) is 0 Å². The van der Waals surface area contributed by atoms with Crippen LogP contribution in [-0.4, -0.2) is 18.0 Å². The van der Waals surface area contributed by atoms with Crippen molar-refractivity contribution in [3.8, 4) is 0 Å². The summed E-state index contributed by atoms with van der Waals surface area (Å²) in [7, 11) is 0. The maximum Gasteiger partial charge on any atom is 0.0588 e. The van der Waals surface area contributed by atoms with Crippen LogP contribution in [0.25, 0.3) is 0 Å². The van der Waals surface area contributed by atoms with Crippen molar-refractivity contribution in [1.82, 2.24) is 0 Å². The molecular formula is C5H10BrO. The number of halogens is 1. The molecule has 0 aliphatic rings. The van der Waals surface area contributed by atoms with Gasteiger partial charge in [0.05, 0.1) is 6.61 Å². The number of rotatable bonds is 3. The Morgan fingerprint density at radius 2 is 2.43 bits per heavy atom. The summed E-state index contributed by atoms with van der Waals surface area (Å²) in [6.45, 7) is 6.87. The van der Waals surface area contributed by atoms with Gasteiger partial charge in [-0.15, -0.1) is 0 Å². The van der Waals surface area contributed by atoms with E-state index in [0.717, 1.165) is 6.61 Å². The van der Waals surface area contributed by atoms with Gasteiger partial charge in [-0.3, -0.25) is 0 Å². The molecule has 1 atom stereocenters. The lowest BCUT2D eigenvalue weighted by Gasteiger charge is -1.99. The predicted octanol–water partition coefficient (Wildman–Crippen LogP) is 1.62. The summed E-state index contributed by atoms with van der Waals surface area (Å²) in [4.78, 5) is 0.453. The first-order chi connectivity index (χ1) is 3.27. The second-order valence-electron chi connectivity index (χ2n) is 1.36. The van der Waals surface area contributed by atoms with E-state index in [1.807, 2.05) is 6.92 Å². The van der Waals surface area contributed by atoms with E-state index in [0.29, 0.717) is 11.4 Å². The maximum atomic E-state index is 4.94. The SMILES string of the molecule is [CH2]COCC(C)Br. The Bertz CT molecular complexity index is 37.1. The third-order valence-corrected chi connectivity index (χ3v) is 0.756. The largest absolute Gasteiger partial charge is 0.380 e. The van der Waals surface area contributed by atoms with Gasteiger partial charge >= 0.3 is 0 Å². The highest BCUT2D eigenvalue weighted by molar-refractivity contribution is 9.09. The summed E-state index contributed by atoms with van der Waals surface area (Å²) in [5.74, 6) is 0. The van der Waals surface area contributed by atoms with Crippen molar-refractivity contribution in [2.45, 2.75) is 11.8 Å². The summed E-state index contributed by atoms with van der Waals surface area (Å²) in [5, 5.41) is 0. The molecule has 0 bridgehead atoms. The van der Waals surface area contributed by atoms with Crippen LogP contribution in [0.4, 0.5) is 0 Å². The van der Waals surface area contributed by atoms with Crippen LogP contribution in [0.15, 0.2) is 0 Å². The van der Waals surface area contributed by atoms with Gasteiger partial charge in [-0.1, -0.05) is 22.9 Å². The van der Waals surface area contributed by atoms with Gasteiger partial charge in [0.2, 0.25) is 0 Å². The molecule has 0 N–H and O–H groups in total. The molecule has 0 saturated heterocycles. The van der Waals surface area contributed by atoms with Gasteiger partial charge in [-0.2, -0.15) is 0 Å². The van der Waals surface area contributed by atoms with Gasteiger partial charge in [-0.05, 0) is 6.92 Å². The van der Waals surface area contributed by atoms with E-state index in [9.17, 15) is 0 Å². The van der Waals surface area contributed by atoms with Gasteiger partial charge in [0, 0.05) is 11.4 Å². The number of hydrogen-bond acceptors (Lipinski definition) is 1. The first-order valence-corrected chi connectivity index (χ1v) is 3.20. The Balaban J connectivity index is 2.68. The summed E-state index contributed by atoms with van der Waals surface area (Å²) in [6.07, 6.45) is 0. The average Bonchev–Trinajstić information content (AvgIpc) is 1.61.